The number of rotatable bonds is 6. The molecule has 0 unspecified atom stereocenters. The van der Waals surface area contributed by atoms with Crippen LogP contribution in [0.15, 0.2) is 41.3 Å². The highest BCUT2D eigenvalue weighted by Gasteiger charge is 2.43. The number of hydrogen-bond acceptors (Lipinski definition) is 3. The van der Waals surface area contributed by atoms with Crippen LogP contribution in [0.25, 0.3) is 11.1 Å². The number of halogens is 3. The molecule has 0 radical (unpaired) electrons. The van der Waals surface area contributed by atoms with Crippen LogP contribution in [0.5, 0.6) is 0 Å². The van der Waals surface area contributed by atoms with Crippen LogP contribution in [-0.2, 0) is 11.0 Å². The van der Waals surface area contributed by atoms with Gasteiger partial charge in [-0.1, -0.05) is 25.5 Å². The highest BCUT2D eigenvalue weighted by Crippen LogP contribution is 2.43. The molecule has 0 saturated heterocycles. The van der Waals surface area contributed by atoms with Crippen LogP contribution in [-0.4, -0.2) is 21.8 Å². The average Bonchev–Trinajstić information content (AvgIpc) is 2.74. The van der Waals surface area contributed by atoms with Gasteiger partial charge in [-0.05, 0) is 55.4 Å². The predicted octanol–water partition coefficient (Wildman–Crippen LogP) is 5.30. The molecule has 1 aliphatic carbocycles. The van der Waals surface area contributed by atoms with Gasteiger partial charge in [0, 0.05) is 23.7 Å². The van der Waals surface area contributed by atoms with E-state index in [0.29, 0.717) is 18.8 Å². The van der Waals surface area contributed by atoms with E-state index in [4.69, 9.17) is 0 Å². The summed E-state index contributed by atoms with van der Waals surface area (Å²) in [6.07, 6.45) is -0.367. The zero-order valence-electron chi connectivity index (χ0n) is 17.1. The van der Waals surface area contributed by atoms with Crippen molar-refractivity contribution < 1.29 is 27.9 Å². The summed E-state index contributed by atoms with van der Waals surface area (Å²) in [7, 11) is 0. The van der Waals surface area contributed by atoms with E-state index in [-0.39, 0.29) is 23.1 Å². The van der Waals surface area contributed by atoms with Gasteiger partial charge in [0.05, 0.1) is 11.0 Å². The number of carboxylic acids is 1. The van der Waals surface area contributed by atoms with Crippen LogP contribution < -0.4 is 5.56 Å². The molecular weight excluding hydrogens is 411 g/mol. The molecule has 1 aromatic carbocycles. The van der Waals surface area contributed by atoms with Crippen LogP contribution in [0.1, 0.15) is 61.4 Å². The summed E-state index contributed by atoms with van der Waals surface area (Å²) in [5, 5.41) is 9.81. The lowest BCUT2D eigenvalue weighted by Crippen LogP contribution is -2.37. The third kappa shape index (κ3) is 4.89. The topological polar surface area (TPSA) is 87.2 Å². The third-order valence-electron chi connectivity index (χ3n) is 6.32. The second kappa shape index (κ2) is 8.69. The number of aromatic nitrogens is 1. The Balaban J connectivity index is 1.90. The van der Waals surface area contributed by atoms with Gasteiger partial charge < -0.3 is 10.1 Å². The van der Waals surface area contributed by atoms with Crippen molar-refractivity contribution in [2.24, 2.45) is 11.3 Å². The minimum absolute atomic E-state index is 0.0297. The van der Waals surface area contributed by atoms with E-state index in [0.717, 1.165) is 31.4 Å². The summed E-state index contributed by atoms with van der Waals surface area (Å²) in [6, 6.07) is 5.54. The first kappa shape index (κ1) is 22.8. The number of aliphatic carboxylic acids is 1. The summed E-state index contributed by atoms with van der Waals surface area (Å²) < 4.78 is 39.1. The van der Waals surface area contributed by atoms with Gasteiger partial charge in [-0.2, -0.15) is 13.2 Å². The SMILES string of the molecule is CCC1CCC(CC(=O)c2c[nH]c(=O)c(-c3cccc(C(F)(F)F)c3)c2)(C(=O)O)CC1. The van der Waals surface area contributed by atoms with Crippen molar-refractivity contribution in [3.05, 3.63) is 58.0 Å². The van der Waals surface area contributed by atoms with Crippen LogP contribution in [0.2, 0.25) is 0 Å². The maximum absolute atomic E-state index is 13.0. The molecule has 0 atom stereocenters. The Morgan fingerprint density at radius 2 is 1.87 bits per heavy atom. The van der Waals surface area contributed by atoms with Crippen molar-refractivity contribution in [2.45, 2.75) is 51.6 Å². The van der Waals surface area contributed by atoms with Crippen LogP contribution >= 0.6 is 0 Å². The highest BCUT2D eigenvalue weighted by molar-refractivity contribution is 5.99. The Labute approximate surface area is 177 Å². The first-order chi connectivity index (χ1) is 14.6. The summed E-state index contributed by atoms with van der Waals surface area (Å²) in [5.41, 5.74) is -2.66. The number of hydrogen-bond donors (Lipinski definition) is 2. The van der Waals surface area contributed by atoms with E-state index in [2.05, 4.69) is 11.9 Å². The number of aromatic amines is 1. The zero-order chi connectivity index (χ0) is 22.8. The van der Waals surface area contributed by atoms with Gasteiger partial charge >= 0.3 is 12.1 Å². The molecule has 1 aliphatic rings. The van der Waals surface area contributed by atoms with Crippen molar-refractivity contribution in [1.82, 2.24) is 4.98 Å². The number of carboxylic acid groups (broad SMARTS) is 1. The number of benzene rings is 1. The number of carbonyl (C=O) groups is 2. The second-order valence-corrected chi connectivity index (χ2v) is 8.25. The Morgan fingerprint density at radius 3 is 2.45 bits per heavy atom. The molecule has 1 fully saturated rings. The Bertz CT molecular complexity index is 1030. The van der Waals surface area contributed by atoms with Crippen LogP contribution in [0, 0.1) is 11.3 Å². The molecule has 1 heterocycles. The normalized spacial score (nSPS) is 21.6. The Morgan fingerprint density at radius 1 is 1.19 bits per heavy atom. The van der Waals surface area contributed by atoms with Gasteiger partial charge in [-0.3, -0.25) is 14.4 Å². The average molecular weight is 435 g/mol. The molecule has 0 bridgehead atoms. The molecule has 0 amide bonds. The lowest BCUT2D eigenvalue weighted by Gasteiger charge is -2.36. The summed E-state index contributed by atoms with van der Waals surface area (Å²) in [6.45, 7) is 2.05. The van der Waals surface area contributed by atoms with Crippen molar-refractivity contribution in [2.75, 3.05) is 0 Å². The van der Waals surface area contributed by atoms with Gasteiger partial charge in [-0.25, -0.2) is 0 Å². The highest BCUT2D eigenvalue weighted by atomic mass is 19.4. The third-order valence-corrected chi connectivity index (χ3v) is 6.32. The Hall–Kier alpha value is -2.90. The fourth-order valence-corrected chi connectivity index (χ4v) is 4.24. The minimum Gasteiger partial charge on any atom is -0.481 e. The van der Waals surface area contributed by atoms with Gasteiger partial charge in [0.2, 0.25) is 0 Å². The largest absolute Gasteiger partial charge is 0.481 e. The van der Waals surface area contributed by atoms with Crippen molar-refractivity contribution in [3.63, 3.8) is 0 Å². The number of H-pyrrole nitrogens is 1. The van der Waals surface area contributed by atoms with Gasteiger partial charge in [0.1, 0.15) is 0 Å². The van der Waals surface area contributed by atoms with E-state index >= 15 is 0 Å². The van der Waals surface area contributed by atoms with Crippen molar-refractivity contribution in [3.8, 4) is 11.1 Å². The molecule has 0 spiro atoms. The molecule has 2 aromatic rings. The van der Waals surface area contributed by atoms with E-state index in [9.17, 15) is 32.7 Å². The molecule has 166 valence electrons. The fraction of sp³-hybridized carbons (Fsp3) is 0.435. The molecular formula is C23H24F3NO4. The van der Waals surface area contributed by atoms with Crippen LogP contribution in [0.4, 0.5) is 13.2 Å². The lowest BCUT2D eigenvalue weighted by molar-refractivity contribution is -0.151. The zero-order valence-corrected chi connectivity index (χ0v) is 17.1. The summed E-state index contributed by atoms with van der Waals surface area (Å²) >= 11 is 0. The first-order valence-electron chi connectivity index (χ1n) is 10.2. The number of Topliss-reactive ketones (excluding diaryl/α,β-unsaturated/α-hetero) is 1. The summed E-state index contributed by atoms with van der Waals surface area (Å²) in [4.78, 5) is 39.6. The fourth-order valence-electron chi connectivity index (χ4n) is 4.24. The minimum atomic E-state index is -4.57. The Kier molecular flexibility index (Phi) is 6.38. The molecule has 8 heteroatoms. The van der Waals surface area contributed by atoms with E-state index in [1.165, 1.54) is 24.4 Å². The molecule has 1 aromatic heterocycles. The quantitative estimate of drug-likeness (QED) is 0.603. The number of ketones is 1. The predicted molar refractivity (Wildman–Crippen MR) is 109 cm³/mol. The van der Waals surface area contributed by atoms with E-state index < -0.39 is 34.5 Å². The van der Waals surface area contributed by atoms with Gasteiger partial charge in [0.25, 0.3) is 5.56 Å². The standard InChI is InChI=1S/C23H24F3NO4/c1-2-14-6-8-22(9-7-14,21(30)31)12-19(28)16-11-18(20(29)27-13-16)15-4-3-5-17(10-15)23(24,25)26/h3-5,10-11,13-14H,2,6-9,12H2,1H3,(H,27,29)(H,30,31). The number of carbonyl (C=O) groups excluding carboxylic acids is 1. The number of nitrogens with one attached hydrogen (secondary N) is 1. The van der Waals surface area contributed by atoms with Crippen LogP contribution in [0.3, 0.4) is 0 Å². The lowest BCUT2D eigenvalue weighted by atomic mass is 9.67. The van der Waals surface area contributed by atoms with E-state index in [1.807, 2.05) is 0 Å². The monoisotopic (exact) mass is 435 g/mol. The number of pyridine rings is 1. The van der Waals surface area contributed by atoms with Gasteiger partial charge in [0.15, 0.2) is 5.78 Å². The van der Waals surface area contributed by atoms with Crippen molar-refractivity contribution >= 4 is 11.8 Å². The molecule has 1 saturated carbocycles. The maximum atomic E-state index is 13.0. The molecule has 0 aliphatic heterocycles. The molecule has 5 nitrogen and oxygen atoms in total. The molecule has 2 N–H and O–H groups in total. The van der Waals surface area contributed by atoms with Gasteiger partial charge in [-0.15, -0.1) is 0 Å². The summed E-state index contributed by atoms with van der Waals surface area (Å²) in [5.74, 6) is -1.03. The molecule has 31 heavy (non-hydrogen) atoms. The number of alkyl halides is 3. The first-order valence-corrected chi connectivity index (χ1v) is 10.2. The second-order valence-electron chi connectivity index (χ2n) is 8.25. The maximum Gasteiger partial charge on any atom is 0.416 e. The van der Waals surface area contributed by atoms with Crippen molar-refractivity contribution in [1.29, 1.82) is 0 Å². The van der Waals surface area contributed by atoms with E-state index in [1.54, 1.807) is 0 Å². The molecule has 3 rings (SSSR count). The smallest absolute Gasteiger partial charge is 0.416 e.